The summed E-state index contributed by atoms with van der Waals surface area (Å²) >= 11 is 0. The zero-order valence-corrected chi connectivity index (χ0v) is 14.6. The third kappa shape index (κ3) is 2.22. The summed E-state index contributed by atoms with van der Waals surface area (Å²) in [5.41, 5.74) is 3.07. The van der Waals surface area contributed by atoms with E-state index in [2.05, 4.69) is 40.0 Å². The monoisotopic (exact) mass is 345 g/mol. The van der Waals surface area contributed by atoms with E-state index in [0.29, 0.717) is 13.1 Å². The summed E-state index contributed by atoms with van der Waals surface area (Å²) in [4.78, 5) is 15.0. The quantitative estimate of drug-likeness (QED) is 0.533. The van der Waals surface area contributed by atoms with Gasteiger partial charge in [0.25, 0.3) is 5.91 Å². The summed E-state index contributed by atoms with van der Waals surface area (Å²) < 4.78 is 4.21. The molecule has 4 aromatic rings. The van der Waals surface area contributed by atoms with Gasteiger partial charge in [0.05, 0.1) is 0 Å². The molecule has 0 saturated carbocycles. The molecule has 1 amide bonds. The Morgan fingerprint density at radius 2 is 1.85 bits per heavy atom. The third-order valence-electron chi connectivity index (χ3n) is 5.36. The molecule has 0 saturated heterocycles. The number of carbonyl (C=O) groups excluding carboxylic acids is 1. The second-order valence-corrected chi connectivity index (χ2v) is 6.79. The number of fused-ring (bicyclic) bond motifs is 4. The van der Waals surface area contributed by atoms with Crippen molar-refractivity contribution in [2.75, 3.05) is 13.1 Å². The molecule has 1 aliphatic heterocycles. The van der Waals surface area contributed by atoms with Crippen molar-refractivity contribution in [1.29, 1.82) is 0 Å². The van der Waals surface area contributed by atoms with Crippen LogP contribution >= 0.6 is 0 Å². The van der Waals surface area contributed by atoms with Crippen LogP contribution in [0.3, 0.4) is 0 Å². The molecule has 0 bridgehead atoms. The van der Waals surface area contributed by atoms with Crippen molar-refractivity contribution < 1.29 is 4.79 Å². The number of amides is 1. The second-order valence-electron chi connectivity index (χ2n) is 6.79. The summed E-state index contributed by atoms with van der Waals surface area (Å²) in [6.07, 6.45) is 2.48. The predicted molar refractivity (Wildman–Crippen MR) is 100 cm³/mol. The fourth-order valence-electron chi connectivity index (χ4n) is 3.92. The van der Waals surface area contributed by atoms with Crippen LogP contribution in [0.25, 0.3) is 21.8 Å². The van der Waals surface area contributed by atoms with Crippen LogP contribution in [0.2, 0.25) is 0 Å². The van der Waals surface area contributed by atoms with Gasteiger partial charge in [0.2, 0.25) is 0 Å². The molecule has 0 fully saturated rings. The minimum Gasteiger partial charge on any atom is -0.344 e. The maximum absolute atomic E-state index is 13.1. The maximum atomic E-state index is 13.1. The summed E-state index contributed by atoms with van der Waals surface area (Å²) in [5.74, 6) is 1.03. The van der Waals surface area contributed by atoms with E-state index in [-0.39, 0.29) is 5.91 Å². The summed E-state index contributed by atoms with van der Waals surface area (Å²) in [6, 6.07) is 14.3. The van der Waals surface area contributed by atoms with Gasteiger partial charge >= 0.3 is 0 Å². The largest absolute Gasteiger partial charge is 0.344 e. The van der Waals surface area contributed by atoms with Crippen molar-refractivity contribution >= 4 is 27.7 Å². The van der Waals surface area contributed by atoms with Crippen LogP contribution in [0.5, 0.6) is 0 Å². The minimum atomic E-state index is 0.0820. The van der Waals surface area contributed by atoms with Gasteiger partial charge in [0.1, 0.15) is 12.2 Å². The van der Waals surface area contributed by atoms with Crippen LogP contribution in [0.1, 0.15) is 16.2 Å². The zero-order chi connectivity index (χ0) is 17.7. The van der Waals surface area contributed by atoms with Gasteiger partial charge in [0, 0.05) is 60.5 Å². The highest BCUT2D eigenvalue weighted by Crippen LogP contribution is 2.29. The Morgan fingerprint density at radius 3 is 2.77 bits per heavy atom. The molecular formula is C20H19N5O. The van der Waals surface area contributed by atoms with Crippen molar-refractivity contribution in [2.45, 2.75) is 13.0 Å². The molecule has 2 aromatic heterocycles. The van der Waals surface area contributed by atoms with Crippen molar-refractivity contribution in [3.63, 3.8) is 0 Å². The van der Waals surface area contributed by atoms with Crippen LogP contribution in [0, 0.1) is 0 Å². The van der Waals surface area contributed by atoms with E-state index in [1.54, 1.807) is 6.33 Å². The van der Waals surface area contributed by atoms with E-state index in [1.165, 1.54) is 10.9 Å². The van der Waals surface area contributed by atoms with Gasteiger partial charge in [-0.2, -0.15) is 0 Å². The van der Waals surface area contributed by atoms with Crippen molar-refractivity contribution in [2.24, 2.45) is 7.05 Å². The van der Waals surface area contributed by atoms with E-state index in [1.807, 2.05) is 33.7 Å². The average Bonchev–Trinajstić information content (AvgIpc) is 3.18. The first kappa shape index (κ1) is 15.1. The van der Waals surface area contributed by atoms with Crippen LogP contribution in [-0.4, -0.2) is 43.2 Å². The molecule has 3 heterocycles. The van der Waals surface area contributed by atoms with Crippen LogP contribution in [-0.2, 0) is 20.0 Å². The molecule has 0 aliphatic carbocycles. The molecular weight excluding hydrogens is 326 g/mol. The lowest BCUT2D eigenvalue weighted by molar-refractivity contribution is 0.0759. The highest BCUT2D eigenvalue weighted by Gasteiger charge is 2.21. The first-order valence-corrected chi connectivity index (χ1v) is 8.85. The Hall–Kier alpha value is -3.15. The standard InChI is InChI=1S/C20H19N5O/c1-23-17-5-3-2-4-15(17)16-12-14(6-7-18(16)23)20(26)24-9-8-19-22-21-13-25(19)11-10-24/h2-7,12-13H,8-11H2,1H3. The van der Waals surface area contributed by atoms with E-state index in [4.69, 9.17) is 0 Å². The average molecular weight is 345 g/mol. The van der Waals surface area contributed by atoms with E-state index in [9.17, 15) is 4.79 Å². The van der Waals surface area contributed by atoms with Gasteiger partial charge in [-0.15, -0.1) is 10.2 Å². The molecule has 6 nitrogen and oxygen atoms in total. The smallest absolute Gasteiger partial charge is 0.253 e. The van der Waals surface area contributed by atoms with E-state index in [0.717, 1.165) is 35.3 Å². The lowest BCUT2D eigenvalue weighted by Crippen LogP contribution is -2.33. The first-order chi connectivity index (χ1) is 12.7. The highest BCUT2D eigenvalue weighted by atomic mass is 16.2. The van der Waals surface area contributed by atoms with Crippen molar-refractivity contribution in [1.82, 2.24) is 24.2 Å². The Morgan fingerprint density at radius 1 is 1.00 bits per heavy atom. The Balaban J connectivity index is 1.51. The number of aryl methyl sites for hydroxylation is 1. The van der Waals surface area contributed by atoms with Gasteiger partial charge in [-0.3, -0.25) is 4.79 Å². The lowest BCUT2D eigenvalue weighted by Gasteiger charge is -2.20. The van der Waals surface area contributed by atoms with Gasteiger partial charge in [-0.1, -0.05) is 18.2 Å². The number of para-hydroxylation sites is 1. The number of aromatic nitrogens is 4. The van der Waals surface area contributed by atoms with Gasteiger partial charge < -0.3 is 14.0 Å². The Labute approximate surface area is 150 Å². The van der Waals surface area contributed by atoms with Crippen LogP contribution in [0.15, 0.2) is 48.8 Å². The molecule has 5 rings (SSSR count). The number of rotatable bonds is 1. The Kier molecular flexibility index (Phi) is 3.31. The molecule has 0 N–H and O–H groups in total. The number of nitrogens with zero attached hydrogens (tertiary/aromatic N) is 5. The topological polar surface area (TPSA) is 56.0 Å². The maximum Gasteiger partial charge on any atom is 0.253 e. The highest BCUT2D eigenvalue weighted by molar-refractivity contribution is 6.10. The number of hydrogen-bond donors (Lipinski definition) is 0. The van der Waals surface area contributed by atoms with Crippen LogP contribution < -0.4 is 0 Å². The molecule has 26 heavy (non-hydrogen) atoms. The first-order valence-electron chi connectivity index (χ1n) is 8.85. The molecule has 1 aliphatic rings. The van der Waals surface area contributed by atoms with Gasteiger partial charge in [0.15, 0.2) is 0 Å². The summed E-state index contributed by atoms with van der Waals surface area (Å²) in [5, 5.41) is 10.4. The summed E-state index contributed by atoms with van der Waals surface area (Å²) in [6.45, 7) is 2.09. The number of benzene rings is 2. The molecule has 0 unspecified atom stereocenters. The van der Waals surface area contributed by atoms with Crippen LogP contribution in [0.4, 0.5) is 0 Å². The van der Waals surface area contributed by atoms with Crippen molar-refractivity contribution in [3.8, 4) is 0 Å². The Bertz CT molecular complexity index is 1120. The SMILES string of the molecule is Cn1c2ccccc2c2cc(C(=O)N3CCc4nncn4CC3)ccc21. The molecule has 6 heteroatoms. The van der Waals surface area contributed by atoms with E-state index < -0.39 is 0 Å². The summed E-state index contributed by atoms with van der Waals surface area (Å²) in [7, 11) is 2.07. The zero-order valence-electron chi connectivity index (χ0n) is 14.6. The number of carbonyl (C=O) groups is 1. The molecule has 0 atom stereocenters. The normalized spacial score (nSPS) is 14.6. The van der Waals surface area contributed by atoms with Gasteiger partial charge in [-0.05, 0) is 24.3 Å². The fraction of sp³-hybridized carbons (Fsp3) is 0.250. The minimum absolute atomic E-state index is 0.0820. The second kappa shape index (κ2) is 5.69. The third-order valence-corrected chi connectivity index (χ3v) is 5.36. The molecule has 2 aromatic carbocycles. The number of hydrogen-bond acceptors (Lipinski definition) is 3. The molecule has 130 valence electrons. The van der Waals surface area contributed by atoms with Crippen molar-refractivity contribution in [3.05, 3.63) is 60.2 Å². The molecule has 0 spiro atoms. The van der Waals surface area contributed by atoms with E-state index >= 15 is 0 Å². The predicted octanol–water partition coefficient (Wildman–Crippen LogP) is 2.62. The molecule has 0 radical (unpaired) electrons. The fourth-order valence-corrected chi connectivity index (χ4v) is 3.92. The lowest BCUT2D eigenvalue weighted by atomic mass is 10.1. The van der Waals surface area contributed by atoms with Gasteiger partial charge in [-0.25, -0.2) is 0 Å².